The van der Waals surface area contributed by atoms with Crippen molar-refractivity contribution in [3.63, 3.8) is 0 Å². The number of methoxy groups -OCH3 is 1. The molecule has 0 aliphatic heterocycles. The molecule has 6 heteroatoms. The fourth-order valence-electron chi connectivity index (χ4n) is 3.19. The van der Waals surface area contributed by atoms with E-state index in [1.165, 1.54) is 0 Å². The van der Waals surface area contributed by atoms with Crippen LogP contribution in [0.3, 0.4) is 0 Å². The van der Waals surface area contributed by atoms with Gasteiger partial charge in [0.05, 0.1) is 22.8 Å². The Balaban J connectivity index is 1.98. The summed E-state index contributed by atoms with van der Waals surface area (Å²) in [4.78, 5) is 0.282. The standard InChI is InChI=1S/C17H20N2O3S/c1-22-13-9-7-12(8-10-13)15-16(17(15,19)11-18)23(20,21)14-5-3-2-4-6-14/h2-10,15-16H,11,18-19H2,1H3/t15-,16+,17+/m0/s1. The van der Waals surface area contributed by atoms with E-state index in [-0.39, 0.29) is 17.4 Å². The summed E-state index contributed by atoms with van der Waals surface area (Å²) < 4.78 is 31.0. The average molecular weight is 332 g/mol. The maximum atomic E-state index is 12.9. The molecular formula is C17H20N2O3S. The van der Waals surface area contributed by atoms with Crippen molar-refractivity contribution in [3.05, 3.63) is 60.2 Å². The molecule has 2 aromatic rings. The van der Waals surface area contributed by atoms with E-state index in [9.17, 15) is 8.42 Å². The second-order valence-electron chi connectivity index (χ2n) is 5.85. The second-order valence-corrected chi connectivity index (χ2v) is 7.92. The van der Waals surface area contributed by atoms with E-state index in [4.69, 9.17) is 16.2 Å². The van der Waals surface area contributed by atoms with Crippen molar-refractivity contribution in [3.8, 4) is 5.75 Å². The molecule has 1 fully saturated rings. The molecule has 0 saturated heterocycles. The van der Waals surface area contributed by atoms with Crippen molar-refractivity contribution in [2.24, 2.45) is 11.5 Å². The van der Waals surface area contributed by atoms with Crippen LogP contribution in [0.25, 0.3) is 0 Å². The lowest BCUT2D eigenvalue weighted by Crippen LogP contribution is -2.39. The van der Waals surface area contributed by atoms with Gasteiger partial charge >= 0.3 is 0 Å². The number of sulfone groups is 1. The van der Waals surface area contributed by atoms with Crippen LogP contribution in [0.5, 0.6) is 5.75 Å². The Bertz CT molecular complexity index is 790. The molecule has 0 radical (unpaired) electrons. The predicted molar refractivity (Wildman–Crippen MR) is 89.1 cm³/mol. The van der Waals surface area contributed by atoms with Gasteiger partial charge in [0.2, 0.25) is 0 Å². The Morgan fingerprint density at radius 1 is 1.09 bits per heavy atom. The molecule has 0 amide bonds. The van der Waals surface area contributed by atoms with Crippen molar-refractivity contribution in [2.75, 3.05) is 13.7 Å². The van der Waals surface area contributed by atoms with Gasteiger partial charge in [-0.2, -0.15) is 0 Å². The van der Waals surface area contributed by atoms with E-state index in [2.05, 4.69) is 0 Å². The normalized spacial score (nSPS) is 26.7. The third-order valence-electron chi connectivity index (χ3n) is 4.54. The summed E-state index contributed by atoms with van der Waals surface area (Å²) in [6, 6.07) is 15.7. The Morgan fingerprint density at radius 3 is 2.22 bits per heavy atom. The Morgan fingerprint density at radius 2 is 1.70 bits per heavy atom. The Hall–Kier alpha value is -1.89. The molecule has 1 aliphatic rings. The maximum Gasteiger partial charge on any atom is 0.183 e. The molecule has 5 nitrogen and oxygen atoms in total. The molecule has 3 rings (SSSR count). The summed E-state index contributed by atoms with van der Waals surface area (Å²) >= 11 is 0. The zero-order chi connectivity index (χ0) is 16.7. The van der Waals surface area contributed by atoms with Crippen LogP contribution in [0.1, 0.15) is 11.5 Å². The molecule has 1 aliphatic carbocycles. The van der Waals surface area contributed by atoms with E-state index >= 15 is 0 Å². The molecule has 0 spiro atoms. The number of hydrogen-bond acceptors (Lipinski definition) is 5. The lowest BCUT2D eigenvalue weighted by Gasteiger charge is -2.09. The molecule has 1 saturated carbocycles. The van der Waals surface area contributed by atoms with Gasteiger partial charge in [0, 0.05) is 12.5 Å². The quantitative estimate of drug-likeness (QED) is 0.860. The first-order valence-electron chi connectivity index (χ1n) is 7.37. The minimum atomic E-state index is -3.53. The third kappa shape index (κ3) is 2.52. The number of nitrogens with two attached hydrogens (primary N) is 2. The molecule has 0 bridgehead atoms. The summed E-state index contributed by atoms with van der Waals surface area (Å²) in [5, 5.41) is -0.712. The van der Waals surface area contributed by atoms with Gasteiger partial charge in [-0.25, -0.2) is 8.42 Å². The van der Waals surface area contributed by atoms with Crippen LogP contribution in [0, 0.1) is 0 Å². The van der Waals surface area contributed by atoms with E-state index in [0.717, 1.165) is 5.56 Å². The molecule has 0 heterocycles. The van der Waals surface area contributed by atoms with Gasteiger partial charge in [-0.15, -0.1) is 0 Å². The van der Waals surface area contributed by atoms with Crippen molar-refractivity contribution in [1.29, 1.82) is 0 Å². The average Bonchev–Trinajstić information content (AvgIpc) is 3.23. The van der Waals surface area contributed by atoms with Crippen molar-refractivity contribution < 1.29 is 13.2 Å². The van der Waals surface area contributed by atoms with Gasteiger partial charge in [0.15, 0.2) is 9.84 Å². The zero-order valence-corrected chi connectivity index (χ0v) is 13.7. The lowest BCUT2D eigenvalue weighted by atomic mass is 10.1. The molecule has 2 aromatic carbocycles. The maximum absolute atomic E-state index is 12.9. The van der Waals surface area contributed by atoms with Gasteiger partial charge in [-0.3, -0.25) is 0 Å². The monoisotopic (exact) mass is 332 g/mol. The molecular weight excluding hydrogens is 312 g/mol. The first-order valence-corrected chi connectivity index (χ1v) is 8.91. The molecule has 122 valence electrons. The van der Waals surface area contributed by atoms with Crippen LogP contribution in [-0.2, 0) is 9.84 Å². The first-order chi connectivity index (χ1) is 10.9. The van der Waals surface area contributed by atoms with Crippen LogP contribution >= 0.6 is 0 Å². The van der Waals surface area contributed by atoms with Crippen LogP contribution in [0.2, 0.25) is 0 Å². The van der Waals surface area contributed by atoms with Gasteiger partial charge in [0.1, 0.15) is 5.75 Å². The van der Waals surface area contributed by atoms with Crippen LogP contribution in [0.4, 0.5) is 0 Å². The van der Waals surface area contributed by atoms with Crippen LogP contribution < -0.4 is 16.2 Å². The first kappa shape index (κ1) is 16.0. The van der Waals surface area contributed by atoms with E-state index in [1.54, 1.807) is 49.6 Å². The van der Waals surface area contributed by atoms with Gasteiger partial charge in [0.25, 0.3) is 0 Å². The van der Waals surface area contributed by atoms with E-state index < -0.39 is 20.6 Å². The molecule has 3 atom stereocenters. The lowest BCUT2D eigenvalue weighted by molar-refractivity contribution is 0.414. The summed E-state index contributed by atoms with van der Waals surface area (Å²) in [7, 11) is -1.95. The fraction of sp³-hybridized carbons (Fsp3) is 0.294. The number of hydrogen-bond donors (Lipinski definition) is 2. The van der Waals surface area contributed by atoms with Gasteiger partial charge in [-0.05, 0) is 29.8 Å². The smallest absolute Gasteiger partial charge is 0.183 e. The number of rotatable bonds is 5. The van der Waals surface area contributed by atoms with Crippen molar-refractivity contribution >= 4 is 9.84 Å². The van der Waals surface area contributed by atoms with E-state index in [1.807, 2.05) is 12.1 Å². The van der Waals surface area contributed by atoms with Crippen molar-refractivity contribution in [2.45, 2.75) is 21.6 Å². The van der Waals surface area contributed by atoms with E-state index in [0.29, 0.717) is 5.75 Å². The minimum absolute atomic E-state index is 0.112. The van der Waals surface area contributed by atoms with Crippen LogP contribution in [0.15, 0.2) is 59.5 Å². The highest BCUT2D eigenvalue weighted by molar-refractivity contribution is 7.92. The second kappa shape index (κ2) is 5.63. The Kier molecular flexibility index (Phi) is 3.91. The largest absolute Gasteiger partial charge is 0.497 e. The molecule has 23 heavy (non-hydrogen) atoms. The SMILES string of the molecule is COc1ccc([C@H]2[C@@H](S(=O)(=O)c3ccccc3)[C@@]2(N)CN)cc1. The molecule has 0 unspecified atom stereocenters. The molecule has 0 aromatic heterocycles. The Labute approximate surface area is 136 Å². The third-order valence-corrected chi connectivity index (χ3v) is 6.85. The van der Waals surface area contributed by atoms with Crippen molar-refractivity contribution in [1.82, 2.24) is 0 Å². The van der Waals surface area contributed by atoms with Gasteiger partial charge < -0.3 is 16.2 Å². The minimum Gasteiger partial charge on any atom is -0.497 e. The highest BCUT2D eigenvalue weighted by atomic mass is 32.2. The summed E-state index contributed by atoms with van der Waals surface area (Å²) in [6.07, 6.45) is 0. The zero-order valence-electron chi connectivity index (χ0n) is 12.8. The van der Waals surface area contributed by atoms with Crippen LogP contribution in [-0.4, -0.2) is 32.9 Å². The highest BCUT2D eigenvalue weighted by Crippen LogP contribution is 2.55. The summed E-state index contributed by atoms with van der Waals surface area (Å²) in [6.45, 7) is 0.112. The summed E-state index contributed by atoms with van der Waals surface area (Å²) in [5.41, 5.74) is 12.1. The fourth-order valence-corrected chi connectivity index (χ4v) is 5.53. The number of benzene rings is 2. The number of ether oxygens (including phenoxy) is 1. The molecule has 4 N–H and O–H groups in total. The topological polar surface area (TPSA) is 95.4 Å². The summed E-state index contributed by atoms with van der Waals surface area (Å²) in [5.74, 6) is 0.399. The predicted octanol–water partition coefficient (Wildman–Crippen LogP) is 1.29. The highest BCUT2D eigenvalue weighted by Gasteiger charge is 2.68. The van der Waals surface area contributed by atoms with Gasteiger partial charge in [-0.1, -0.05) is 30.3 Å².